The Morgan fingerprint density at radius 1 is 1.07 bits per heavy atom. The van der Waals surface area contributed by atoms with Crippen molar-refractivity contribution in [3.63, 3.8) is 0 Å². The van der Waals surface area contributed by atoms with Crippen LogP contribution in [0.5, 0.6) is 0 Å². The molecule has 1 saturated carbocycles. The topological polar surface area (TPSA) is 56.7 Å². The second-order valence-electron chi connectivity index (χ2n) is 7.41. The molecule has 0 heterocycles. The number of nitrogens with one attached hydrogen (secondary N) is 2. The van der Waals surface area contributed by atoms with Gasteiger partial charge in [0.2, 0.25) is 5.91 Å². The van der Waals surface area contributed by atoms with Gasteiger partial charge in [0.15, 0.2) is 5.96 Å². The van der Waals surface area contributed by atoms with Crippen molar-refractivity contribution in [3.8, 4) is 0 Å². The highest BCUT2D eigenvalue weighted by atomic mass is 35.5. The molecule has 0 unspecified atom stereocenters. The van der Waals surface area contributed by atoms with Crippen molar-refractivity contribution in [1.82, 2.24) is 15.5 Å². The van der Waals surface area contributed by atoms with Crippen LogP contribution in [-0.2, 0) is 16.8 Å². The Labute approximate surface area is 171 Å². The molecule has 0 aromatic heterocycles. The third kappa shape index (κ3) is 5.26. The summed E-state index contributed by atoms with van der Waals surface area (Å²) in [7, 11) is 3.49. The first-order valence-corrected chi connectivity index (χ1v) is 9.89. The highest BCUT2D eigenvalue weighted by Gasteiger charge is 2.45. The molecule has 0 bridgehead atoms. The van der Waals surface area contributed by atoms with Gasteiger partial charge in [0.05, 0.1) is 13.1 Å². The minimum absolute atomic E-state index is 0.00134. The number of hydrogen-bond donors (Lipinski definition) is 2. The molecule has 3 rings (SSSR count). The van der Waals surface area contributed by atoms with Crippen LogP contribution in [0.1, 0.15) is 24.0 Å². The molecule has 6 heteroatoms. The first kappa shape index (κ1) is 20.2. The molecule has 28 heavy (non-hydrogen) atoms. The van der Waals surface area contributed by atoms with E-state index >= 15 is 0 Å². The monoisotopic (exact) mass is 398 g/mol. The fourth-order valence-electron chi connectivity index (χ4n) is 3.08. The molecule has 0 saturated heterocycles. The maximum atomic E-state index is 12.0. The minimum atomic E-state index is 0.00134. The fourth-order valence-corrected chi connectivity index (χ4v) is 3.42. The van der Waals surface area contributed by atoms with E-state index in [4.69, 9.17) is 11.6 Å². The van der Waals surface area contributed by atoms with Crippen LogP contribution in [0.3, 0.4) is 0 Å². The van der Waals surface area contributed by atoms with Crippen LogP contribution in [0.4, 0.5) is 0 Å². The van der Waals surface area contributed by atoms with E-state index in [1.165, 1.54) is 5.56 Å². The Kier molecular flexibility index (Phi) is 6.57. The summed E-state index contributed by atoms with van der Waals surface area (Å²) in [6, 6.07) is 18.1. The van der Waals surface area contributed by atoms with Crippen LogP contribution in [0, 0.1) is 0 Å². The average molecular weight is 399 g/mol. The van der Waals surface area contributed by atoms with Crippen molar-refractivity contribution in [2.75, 3.05) is 27.2 Å². The van der Waals surface area contributed by atoms with Crippen molar-refractivity contribution in [3.05, 3.63) is 70.7 Å². The lowest BCUT2D eigenvalue weighted by Crippen LogP contribution is -2.45. The number of benzene rings is 2. The number of guanidine groups is 1. The molecule has 1 amide bonds. The quantitative estimate of drug-likeness (QED) is 0.556. The van der Waals surface area contributed by atoms with Gasteiger partial charge in [-0.05, 0) is 30.0 Å². The fraction of sp³-hybridized carbons (Fsp3) is 0.364. The maximum absolute atomic E-state index is 12.0. The van der Waals surface area contributed by atoms with Gasteiger partial charge in [0.25, 0.3) is 0 Å². The van der Waals surface area contributed by atoms with Crippen LogP contribution in [-0.4, -0.2) is 44.0 Å². The van der Waals surface area contributed by atoms with E-state index in [1.54, 1.807) is 19.0 Å². The van der Waals surface area contributed by atoms with Crippen molar-refractivity contribution in [2.24, 2.45) is 4.99 Å². The molecular weight excluding hydrogens is 372 g/mol. The van der Waals surface area contributed by atoms with Crippen LogP contribution < -0.4 is 10.6 Å². The summed E-state index contributed by atoms with van der Waals surface area (Å²) in [5.74, 6) is 0.638. The maximum Gasteiger partial charge on any atom is 0.241 e. The van der Waals surface area contributed by atoms with E-state index in [-0.39, 0.29) is 17.9 Å². The first-order valence-electron chi connectivity index (χ1n) is 9.51. The van der Waals surface area contributed by atoms with Gasteiger partial charge in [-0.3, -0.25) is 4.79 Å². The summed E-state index contributed by atoms with van der Waals surface area (Å²) >= 11 is 6.42. The number of halogens is 1. The molecule has 148 valence electrons. The van der Waals surface area contributed by atoms with Crippen LogP contribution in [0.15, 0.2) is 59.6 Å². The molecule has 0 aliphatic heterocycles. The molecule has 1 aliphatic rings. The molecule has 0 atom stereocenters. The first-order chi connectivity index (χ1) is 13.5. The normalized spacial score (nSPS) is 15.0. The van der Waals surface area contributed by atoms with Crippen LogP contribution in [0.25, 0.3) is 0 Å². The predicted octanol–water partition coefficient (Wildman–Crippen LogP) is 3.20. The van der Waals surface area contributed by atoms with Gasteiger partial charge in [-0.1, -0.05) is 60.1 Å². The lowest BCUT2D eigenvalue weighted by molar-refractivity contribution is -0.127. The average Bonchev–Trinajstić information content (AvgIpc) is 3.49. The van der Waals surface area contributed by atoms with Gasteiger partial charge >= 0.3 is 0 Å². The molecule has 1 aliphatic carbocycles. The van der Waals surface area contributed by atoms with Gasteiger partial charge in [-0.15, -0.1) is 0 Å². The number of nitrogens with zero attached hydrogens (tertiary/aromatic N) is 2. The second kappa shape index (κ2) is 9.11. The van der Waals surface area contributed by atoms with Gasteiger partial charge in [-0.2, -0.15) is 0 Å². The molecular formula is C22H27ClN4O. The molecule has 1 fully saturated rings. The Balaban J connectivity index is 1.68. The largest absolute Gasteiger partial charge is 0.355 e. The molecule has 2 aromatic carbocycles. The number of carbonyl (C=O) groups is 1. The standard InChI is InChI=1S/C22H27ClN4O/c1-27(2)20(28)15-25-21(24-14-17-8-4-3-5-9-17)26-16-22(12-13-22)18-10-6-7-11-19(18)23/h3-11H,12-16H2,1-2H3,(H2,24,25,26). The van der Waals surface area contributed by atoms with Crippen LogP contribution >= 0.6 is 11.6 Å². The Bertz CT molecular complexity index is 831. The van der Waals surface area contributed by atoms with Crippen LogP contribution in [0.2, 0.25) is 5.02 Å². The summed E-state index contributed by atoms with van der Waals surface area (Å²) in [6.07, 6.45) is 2.18. The minimum Gasteiger partial charge on any atom is -0.355 e. The predicted molar refractivity (Wildman–Crippen MR) is 115 cm³/mol. The van der Waals surface area contributed by atoms with E-state index < -0.39 is 0 Å². The highest BCUT2D eigenvalue weighted by Crippen LogP contribution is 2.49. The smallest absolute Gasteiger partial charge is 0.241 e. The zero-order valence-corrected chi connectivity index (χ0v) is 17.2. The Morgan fingerprint density at radius 2 is 1.75 bits per heavy atom. The van der Waals surface area contributed by atoms with Crippen molar-refractivity contribution in [2.45, 2.75) is 24.8 Å². The summed E-state index contributed by atoms with van der Waals surface area (Å²) in [5, 5.41) is 7.38. The van der Waals surface area contributed by atoms with E-state index in [1.807, 2.05) is 48.5 Å². The number of aliphatic imine (C=N–C) groups is 1. The molecule has 0 radical (unpaired) electrons. The van der Waals surface area contributed by atoms with Gasteiger partial charge < -0.3 is 15.5 Å². The number of carbonyl (C=O) groups excluding carboxylic acids is 1. The summed E-state index contributed by atoms with van der Waals surface area (Å²) in [6.45, 7) is 1.48. The summed E-state index contributed by atoms with van der Waals surface area (Å²) < 4.78 is 0. The zero-order valence-electron chi connectivity index (χ0n) is 16.4. The van der Waals surface area contributed by atoms with Crippen molar-refractivity contribution < 1.29 is 4.79 Å². The Hall–Kier alpha value is -2.53. The highest BCUT2D eigenvalue weighted by molar-refractivity contribution is 6.31. The molecule has 0 spiro atoms. The third-order valence-electron chi connectivity index (χ3n) is 5.06. The lowest BCUT2D eigenvalue weighted by atomic mass is 9.96. The molecule has 2 aromatic rings. The Morgan fingerprint density at radius 3 is 2.39 bits per heavy atom. The van der Waals surface area contributed by atoms with Gasteiger partial charge in [0, 0.05) is 31.1 Å². The molecule has 2 N–H and O–H groups in total. The number of likely N-dealkylation sites (N-methyl/N-ethyl adjacent to an activating group) is 1. The molecule has 5 nitrogen and oxygen atoms in total. The van der Waals surface area contributed by atoms with Gasteiger partial charge in [-0.25, -0.2) is 4.99 Å². The van der Waals surface area contributed by atoms with E-state index in [0.29, 0.717) is 12.5 Å². The number of rotatable bonds is 7. The van der Waals surface area contributed by atoms with Crippen molar-refractivity contribution >= 4 is 23.5 Å². The summed E-state index contributed by atoms with van der Waals surface area (Å²) in [5.41, 5.74) is 2.34. The van der Waals surface area contributed by atoms with E-state index in [0.717, 1.165) is 30.0 Å². The van der Waals surface area contributed by atoms with E-state index in [9.17, 15) is 4.79 Å². The van der Waals surface area contributed by atoms with Gasteiger partial charge in [0.1, 0.15) is 0 Å². The number of hydrogen-bond acceptors (Lipinski definition) is 2. The zero-order chi connectivity index (χ0) is 20.0. The SMILES string of the molecule is CN(C)C(=O)CNC(=NCc1ccccc1)NCC1(c2ccccc2Cl)CC1. The lowest BCUT2D eigenvalue weighted by Gasteiger charge is -2.21. The third-order valence-corrected chi connectivity index (χ3v) is 5.39. The number of amides is 1. The van der Waals surface area contributed by atoms with E-state index in [2.05, 4.69) is 21.7 Å². The second-order valence-corrected chi connectivity index (χ2v) is 7.81. The summed E-state index contributed by atoms with van der Waals surface area (Å²) in [4.78, 5) is 18.2. The van der Waals surface area contributed by atoms with Crippen molar-refractivity contribution in [1.29, 1.82) is 0 Å².